The van der Waals surface area contributed by atoms with E-state index in [9.17, 15) is 9.00 Å². The number of carbonyl (C=O) groups excluding carboxylic acids is 1. The third-order valence-electron chi connectivity index (χ3n) is 2.58. The Morgan fingerprint density at radius 3 is 2.79 bits per heavy atom. The highest BCUT2D eigenvalue weighted by Crippen LogP contribution is 2.22. The van der Waals surface area contributed by atoms with Crippen LogP contribution in [0.3, 0.4) is 0 Å². The highest BCUT2D eigenvalue weighted by Gasteiger charge is 2.08. The molecule has 0 aromatic heterocycles. The van der Waals surface area contributed by atoms with Crippen LogP contribution in [-0.4, -0.2) is 34.8 Å². The van der Waals surface area contributed by atoms with Gasteiger partial charge in [0.05, 0.1) is 18.1 Å². The van der Waals surface area contributed by atoms with Crippen LogP contribution >= 0.6 is 11.6 Å². The van der Waals surface area contributed by atoms with E-state index >= 15 is 0 Å². The molecule has 106 valence electrons. The molecule has 1 rings (SSSR count). The average molecular weight is 304 g/mol. The third-order valence-corrected chi connectivity index (χ3v) is 4.19. The van der Waals surface area contributed by atoms with Crippen molar-refractivity contribution in [3.63, 3.8) is 0 Å². The molecule has 0 heterocycles. The van der Waals surface area contributed by atoms with Gasteiger partial charge in [0.25, 0.3) is 0 Å². The van der Waals surface area contributed by atoms with Crippen LogP contribution in [0.5, 0.6) is 5.75 Å². The lowest BCUT2D eigenvalue weighted by molar-refractivity contribution is -0.121. The molecule has 0 fully saturated rings. The Labute approximate surface area is 120 Å². The highest BCUT2D eigenvalue weighted by atomic mass is 35.5. The van der Waals surface area contributed by atoms with E-state index in [1.165, 1.54) is 0 Å². The van der Waals surface area contributed by atoms with E-state index < -0.39 is 10.8 Å². The van der Waals surface area contributed by atoms with E-state index in [1.54, 1.807) is 18.4 Å². The lowest BCUT2D eigenvalue weighted by Crippen LogP contribution is -2.33. The summed E-state index contributed by atoms with van der Waals surface area (Å²) < 4.78 is 16.5. The summed E-state index contributed by atoms with van der Waals surface area (Å²) in [6, 6.07) is 7.12. The number of carbonyl (C=O) groups is 1. The predicted octanol–water partition coefficient (Wildman–Crippen LogP) is 1.99. The predicted molar refractivity (Wildman–Crippen MR) is 78.1 cm³/mol. The number of para-hydroxylation sites is 1. The summed E-state index contributed by atoms with van der Waals surface area (Å²) in [5.74, 6) is 0.448. The van der Waals surface area contributed by atoms with Crippen molar-refractivity contribution in [2.75, 3.05) is 19.4 Å². The number of hydrogen-bond donors (Lipinski definition) is 1. The molecule has 0 bridgehead atoms. The van der Waals surface area contributed by atoms with Crippen LogP contribution in [0.1, 0.15) is 13.3 Å². The maximum Gasteiger partial charge on any atom is 0.223 e. The first kappa shape index (κ1) is 16.0. The summed E-state index contributed by atoms with van der Waals surface area (Å²) in [5.41, 5.74) is 0. The summed E-state index contributed by atoms with van der Waals surface area (Å²) in [4.78, 5) is 11.5. The zero-order chi connectivity index (χ0) is 14.3. The Bertz CT molecular complexity index is 453. The molecule has 0 unspecified atom stereocenters. The van der Waals surface area contributed by atoms with Crippen molar-refractivity contribution >= 4 is 28.3 Å². The standard InChI is InChI=1S/C13H18ClNO3S/c1-10(19(2)17)9-15-13(16)7-8-18-12-6-4-3-5-11(12)14/h3-6,10H,7-9H2,1-2H3,(H,15,16)/t10-,19+/m1/s1. The number of ether oxygens (including phenoxy) is 1. The van der Waals surface area contributed by atoms with Gasteiger partial charge in [-0.25, -0.2) is 0 Å². The SMILES string of the molecule is C[C@H](CNC(=O)CCOc1ccccc1Cl)[S@](C)=O. The molecule has 1 N–H and O–H groups in total. The number of amides is 1. The largest absolute Gasteiger partial charge is 0.491 e. The van der Waals surface area contributed by atoms with Crippen LogP contribution in [0.25, 0.3) is 0 Å². The maximum atomic E-state index is 11.5. The number of rotatable bonds is 7. The van der Waals surface area contributed by atoms with Crippen LogP contribution in [0, 0.1) is 0 Å². The van der Waals surface area contributed by atoms with E-state index in [4.69, 9.17) is 16.3 Å². The number of hydrogen-bond acceptors (Lipinski definition) is 3. The fraction of sp³-hybridized carbons (Fsp3) is 0.462. The molecule has 19 heavy (non-hydrogen) atoms. The Balaban J connectivity index is 2.24. The van der Waals surface area contributed by atoms with Gasteiger partial charge in [0.2, 0.25) is 5.91 Å². The highest BCUT2D eigenvalue weighted by molar-refractivity contribution is 7.84. The summed E-state index contributed by atoms with van der Waals surface area (Å²) in [7, 11) is -0.929. The van der Waals surface area contributed by atoms with Crippen molar-refractivity contribution in [1.82, 2.24) is 5.32 Å². The molecule has 1 amide bonds. The van der Waals surface area contributed by atoms with Crippen LogP contribution in [0.15, 0.2) is 24.3 Å². The fourth-order valence-corrected chi connectivity index (χ4v) is 1.79. The molecule has 0 radical (unpaired) electrons. The van der Waals surface area contributed by atoms with E-state index in [0.717, 1.165) is 0 Å². The van der Waals surface area contributed by atoms with Crippen molar-refractivity contribution < 1.29 is 13.7 Å². The quantitative estimate of drug-likeness (QED) is 0.838. The van der Waals surface area contributed by atoms with E-state index in [0.29, 0.717) is 17.3 Å². The molecule has 0 aliphatic carbocycles. The van der Waals surface area contributed by atoms with Crippen molar-refractivity contribution in [1.29, 1.82) is 0 Å². The zero-order valence-corrected chi connectivity index (χ0v) is 12.6. The van der Waals surface area contributed by atoms with Gasteiger partial charge in [0.1, 0.15) is 5.75 Å². The van der Waals surface area contributed by atoms with E-state index in [2.05, 4.69) is 5.32 Å². The van der Waals surface area contributed by atoms with Crippen LogP contribution < -0.4 is 10.1 Å². The lowest BCUT2D eigenvalue weighted by Gasteiger charge is -2.11. The molecule has 2 atom stereocenters. The van der Waals surface area contributed by atoms with E-state index in [1.807, 2.05) is 19.1 Å². The molecular formula is C13H18ClNO3S. The Kier molecular flexibility index (Phi) is 6.87. The molecule has 1 aromatic rings. The molecule has 0 saturated heterocycles. The fourth-order valence-electron chi connectivity index (χ4n) is 1.28. The van der Waals surface area contributed by atoms with Crippen molar-refractivity contribution in [2.24, 2.45) is 0 Å². The first-order chi connectivity index (χ1) is 9.00. The van der Waals surface area contributed by atoms with Crippen LogP contribution in [0.4, 0.5) is 0 Å². The van der Waals surface area contributed by atoms with E-state index in [-0.39, 0.29) is 24.2 Å². The summed E-state index contributed by atoms with van der Waals surface area (Å²) >= 11 is 5.92. The first-order valence-electron chi connectivity index (χ1n) is 5.97. The summed E-state index contributed by atoms with van der Waals surface area (Å²) in [5, 5.41) is 3.20. The monoisotopic (exact) mass is 303 g/mol. The van der Waals surface area contributed by atoms with Gasteiger partial charge >= 0.3 is 0 Å². The second kappa shape index (κ2) is 8.17. The summed E-state index contributed by atoms with van der Waals surface area (Å²) in [6.07, 6.45) is 1.87. The molecule has 1 aromatic carbocycles. The normalized spacial score (nSPS) is 13.6. The number of nitrogens with one attached hydrogen (secondary N) is 1. The Morgan fingerprint density at radius 2 is 2.16 bits per heavy atom. The van der Waals surface area contributed by atoms with Gasteiger partial charge in [-0.2, -0.15) is 0 Å². The first-order valence-corrected chi connectivity index (χ1v) is 7.97. The van der Waals surface area contributed by atoms with Gasteiger partial charge in [-0.3, -0.25) is 9.00 Å². The minimum absolute atomic E-state index is 0.0477. The minimum Gasteiger partial charge on any atom is -0.491 e. The van der Waals surface area contributed by atoms with Gasteiger partial charge < -0.3 is 10.1 Å². The number of halogens is 1. The van der Waals surface area contributed by atoms with Gasteiger partial charge in [0, 0.05) is 28.9 Å². The van der Waals surface area contributed by atoms with Crippen molar-refractivity contribution in [2.45, 2.75) is 18.6 Å². The van der Waals surface area contributed by atoms with Crippen molar-refractivity contribution in [3.8, 4) is 5.75 Å². The Hall–Kier alpha value is -1.07. The Morgan fingerprint density at radius 1 is 1.47 bits per heavy atom. The second-order valence-corrected chi connectivity index (χ2v) is 6.35. The average Bonchev–Trinajstić information content (AvgIpc) is 2.38. The van der Waals surface area contributed by atoms with Gasteiger partial charge in [0.15, 0.2) is 0 Å². The topological polar surface area (TPSA) is 55.4 Å². The third kappa shape index (κ3) is 6.07. The van der Waals surface area contributed by atoms with Gasteiger partial charge in [-0.05, 0) is 19.1 Å². The van der Waals surface area contributed by atoms with Crippen molar-refractivity contribution in [3.05, 3.63) is 29.3 Å². The molecule has 0 spiro atoms. The molecule has 0 aliphatic rings. The molecule has 6 heteroatoms. The second-order valence-electron chi connectivity index (χ2n) is 4.14. The molecule has 4 nitrogen and oxygen atoms in total. The van der Waals surface area contributed by atoms with Gasteiger partial charge in [-0.1, -0.05) is 23.7 Å². The summed E-state index contributed by atoms with van der Waals surface area (Å²) in [6.45, 7) is 2.50. The minimum atomic E-state index is -0.929. The smallest absolute Gasteiger partial charge is 0.223 e. The van der Waals surface area contributed by atoms with Crippen LogP contribution in [-0.2, 0) is 15.6 Å². The maximum absolute atomic E-state index is 11.5. The lowest BCUT2D eigenvalue weighted by atomic mass is 10.3. The molecular weight excluding hydrogens is 286 g/mol. The van der Waals surface area contributed by atoms with Crippen LogP contribution in [0.2, 0.25) is 5.02 Å². The zero-order valence-electron chi connectivity index (χ0n) is 11.0. The molecule has 0 aliphatic heterocycles. The van der Waals surface area contributed by atoms with Gasteiger partial charge in [-0.15, -0.1) is 0 Å². The number of benzene rings is 1. The molecule has 0 saturated carbocycles.